The van der Waals surface area contributed by atoms with Crippen LogP contribution in [0.1, 0.15) is 0 Å². The molecule has 0 N–H and O–H groups in total. The Hall–Kier alpha value is -7.68. The van der Waals surface area contributed by atoms with Crippen LogP contribution in [-0.2, 0) is 0 Å². The van der Waals surface area contributed by atoms with Crippen LogP contribution >= 0.6 is 0 Å². The van der Waals surface area contributed by atoms with E-state index in [1.807, 2.05) is 12.4 Å². The van der Waals surface area contributed by atoms with Crippen LogP contribution in [0.5, 0.6) is 0 Å². The summed E-state index contributed by atoms with van der Waals surface area (Å²) in [6.07, 6.45) is 3.87. The van der Waals surface area contributed by atoms with Crippen molar-refractivity contribution in [1.29, 1.82) is 0 Å². The molecule has 2 nitrogen and oxygen atoms in total. The average Bonchev–Trinajstić information content (AvgIpc) is 3.30. The van der Waals surface area contributed by atoms with Gasteiger partial charge in [0, 0.05) is 33.9 Å². The molecule has 0 fully saturated rings. The largest absolute Gasteiger partial charge is 0.256 e. The van der Waals surface area contributed by atoms with E-state index in [1.165, 1.54) is 76.5 Å². The molecule has 0 aliphatic heterocycles. The lowest BCUT2D eigenvalue weighted by Crippen LogP contribution is -1.95. The minimum atomic E-state index is 0.971. The van der Waals surface area contributed by atoms with Crippen molar-refractivity contribution in [3.05, 3.63) is 207 Å². The van der Waals surface area contributed by atoms with Crippen LogP contribution in [0.25, 0.3) is 120 Å². The topological polar surface area (TPSA) is 25.8 Å². The maximum Gasteiger partial charge on any atom is 0.0787 e. The molecule has 0 unspecified atom stereocenters. The highest BCUT2D eigenvalue weighted by atomic mass is 14.7. The van der Waals surface area contributed by atoms with Crippen molar-refractivity contribution in [3.8, 4) is 44.5 Å². The maximum atomic E-state index is 5.21. The Morgan fingerprint density at radius 2 is 0.500 bits per heavy atom. The van der Waals surface area contributed by atoms with Gasteiger partial charge in [-0.15, -0.1) is 0 Å². The van der Waals surface area contributed by atoms with Crippen molar-refractivity contribution in [2.75, 3.05) is 0 Å². The van der Waals surface area contributed by atoms with E-state index < -0.39 is 0 Å². The van der Waals surface area contributed by atoms with E-state index in [4.69, 9.17) is 9.97 Å². The highest BCUT2D eigenvalue weighted by molar-refractivity contribution is 6.30. The first-order valence-corrected chi connectivity index (χ1v) is 19.9. The van der Waals surface area contributed by atoms with Gasteiger partial charge in [0.2, 0.25) is 0 Å². The Morgan fingerprint density at radius 3 is 0.828 bits per heavy atom. The molecule has 0 atom stereocenters. The Balaban J connectivity index is 1.22. The van der Waals surface area contributed by atoms with Crippen molar-refractivity contribution in [1.82, 2.24) is 9.97 Å². The fourth-order valence-corrected chi connectivity index (χ4v) is 9.75. The summed E-state index contributed by atoms with van der Waals surface area (Å²) in [4.78, 5) is 10.4. The van der Waals surface area contributed by atoms with Crippen LogP contribution < -0.4 is 0 Å². The van der Waals surface area contributed by atoms with Crippen molar-refractivity contribution < 1.29 is 0 Å². The maximum absolute atomic E-state index is 5.21. The lowest BCUT2D eigenvalue weighted by molar-refractivity contribution is 1.42. The van der Waals surface area contributed by atoms with Gasteiger partial charge in [0.05, 0.1) is 11.0 Å². The number of hydrogen-bond acceptors (Lipinski definition) is 2. The summed E-state index contributed by atoms with van der Waals surface area (Å²) in [6, 6.07) is 70.5. The predicted octanol–water partition coefficient (Wildman–Crippen LogP) is 15.2. The molecule has 2 heterocycles. The van der Waals surface area contributed by atoms with E-state index in [9.17, 15) is 0 Å². The summed E-state index contributed by atoms with van der Waals surface area (Å²) in [6.45, 7) is 0. The van der Waals surface area contributed by atoms with E-state index in [2.05, 4.69) is 194 Å². The molecule has 268 valence electrons. The number of fused-ring (bicyclic) bond motifs is 9. The number of hydrogen-bond donors (Lipinski definition) is 0. The van der Waals surface area contributed by atoms with E-state index in [0.29, 0.717) is 0 Å². The zero-order chi connectivity index (χ0) is 38.2. The molecule has 2 heteroatoms. The summed E-state index contributed by atoms with van der Waals surface area (Å²) in [5.74, 6) is 0. The van der Waals surface area contributed by atoms with Gasteiger partial charge in [0.1, 0.15) is 0 Å². The molecule has 0 aliphatic rings. The minimum Gasteiger partial charge on any atom is -0.256 e. The van der Waals surface area contributed by atoms with Gasteiger partial charge in [-0.1, -0.05) is 170 Å². The predicted molar refractivity (Wildman–Crippen MR) is 246 cm³/mol. The lowest BCUT2D eigenvalue weighted by Gasteiger charge is -2.21. The zero-order valence-corrected chi connectivity index (χ0v) is 31.5. The lowest BCUT2D eigenvalue weighted by atomic mass is 9.82. The number of pyridine rings is 2. The van der Waals surface area contributed by atoms with Crippen molar-refractivity contribution in [2.24, 2.45) is 0 Å². The van der Waals surface area contributed by atoms with Gasteiger partial charge in [-0.3, -0.25) is 9.97 Å². The van der Waals surface area contributed by atoms with E-state index in [0.717, 1.165) is 43.7 Å². The van der Waals surface area contributed by atoms with Crippen LogP contribution in [0.15, 0.2) is 207 Å². The molecule has 58 heavy (non-hydrogen) atoms. The van der Waals surface area contributed by atoms with Gasteiger partial charge in [-0.05, 0) is 112 Å². The van der Waals surface area contributed by atoms with Gasteiger partial charge >= 0.3 is 0 Å². The summed E-state index contributed by atoms with van der Waals surface area (Å²) in [5.41, 5.74) is 11.6. The van der Waals surface area contributed by atoms with Crippen LogP contribution in [0.4, 0.5) is 0 Å². The molecule has 0 saturated heterocycles. The van der Waals surface area contributed by atoms with Crippen LogP contribution in [-0.4, -0.2) is 9.97 Å². The number of rotatable bonds is 4. The quantitative estimate of drug-likeness (QED) is 0.133. The summed E-state index contributed by atoms with van der Waals surface area (Å²) < 4.78 is 0. The molecule has 0 radical (unpaired) electrons. The van der Waals surface area contributed by atoms with Crippen molar-refractivity contribution >= 4 is 75.7 Å². The van der Waals surface area contributed by atoms with Crippen molar-refractivity contribution in [2.45, 2.75) is 0 Å². The van der Waals surface area contributed by atoms with Gasteiger partial charge in [0.15, 0.2) is 0 Å². The molecular weight excluding hydrogens is 701 g/mol. The van der Waals surface area contributed by atoms with Crippen LogP contribution in [0.3, 0.4) is 0 Å². The third-order valence-electron chi connectivity index (χ3n) is 12.1. The first kappa shape index (κ1) is 32.6. The Morgan fingerprint density at radius 1 is 0.224 bits per heavy atom. The third-order valence-corrected chi connectivity index (χ3v) is 12.1. The van der Waals surface area contributed by atoms with Gasteiger partial charge in [0.25, 0.3) is 0 Å². The normalized spacial score (nSPS) is 11.8. The van der Waals surface area contributed by atoms with Gasteiger partial charge < -0.3 is 0 Å². The Labute approximate surface area is 335 Å². The summed E-state index contributed by atoms with van der Waals surface area (Å²) in [7, 11) is 0. The van der Waals surface area contributed by atoms with E-state index >= 15 is 0 Å². The molecule has 0 spiro atoms. The van der Waals surface area contributed by atoms with Gasteiger partial charge in [-0.25, -0.2) is 0 Å². The smallest absolute Gasteiger partial charge is 0.0787 e. The average molecular weight is 735 g/mol. The summed E-state index contributed by atoms with van der Waals surface area (Å²) >= 11 is 0. The second kappa shape index (κ2) is 12.9. The van der Waals surface area contributed by atoms with Crippen LogP contribution in [0.2, 0.25) is 0 Å². The highest BCUT2D eigenvalue weighted by Crippen LogP contribution is 2.50. The standard InChI is InChI=1S/C56H34N2/c1-3-17-35(18-4-1)51-37-21-7-11-25-41(37)53(42-26-12-8-22-38(42)51)47-33-49-50(55-45(47)29-15-31-57-55)34-48(46-30-16-32-58-56(46)49)54-43-27-13-9-23-39(43)52(36-19-5-2-6-20-36)40-24-10-14-28-44(40)54/h1-34H. The number of nitrogens with zero attached hydrogens (tertiary/aromatic N) is 2. The molecule has 0 saturated carbocycles. The fraction of sp³-hybridized carbons (Fsp3) is 0. The molecular formula is C56H34N2. The minimum absolute atomic E-state index is 0.971. The molecule has 2 aromatic heterocycles. The first-order chi connectivity index (χ1) is 28.8. The fourth-order valence-electron chi connectivity index (χ4n) is 9.75. The Kier molecular flexibility index (Phi) is 7.26. The third kappa shape index (κ3) is 4.79. The van der Waals surface area contributed by atoms with E-state index in [1.54, 1.807) is 0 Å². The molecule has 0 aliphatic carbocycles. The second-order valence-corrected chi connectivity index (χ2v) is 15.2. The molecule has 12 rings (SSSR count). The number of aromatic nitrogens is 2. The van der Waals surface area contributed by atoms with Crippen LogP contribution in [0, 0.1) is 0 Å². The second-order valence-electron chi connectivity index (χ2n) is 15.2. The SMILES string of the molecule is c1ccc(-c2c3ccccc3c(-c3cc4c(cc(-c5c6ccccc6c(-c6ccccc6)c6ccccc56)c5cccnc54)c4ncccc34)c3ccccc23)cc1. The monoisotopic (exact) mass is 734 g/mol. The molecule has 0 amide bonds. The molecule has 0 bridgehead atoms. The first-order valence-electron chi connectivity index (χ1n) is 19.9. The Bertz CT molecular complexity index is 3250. The molecule has 12 aromatic rings. The van der Waals surface area contributed by atoms with Crippen molar-refractivity contribution in [3.63, 3.8) is 0 Å². The summed E-state index contributed by atoms with van der Waals surface area (Å²) in [5, 5.41) is 14.2. The van der Waals surface area contributed by atoms with Gasteiger partial charge in [-0.2, -0.15) is 0 Å². The highest BCUT2D eigenvalue weighted by Gasteiger charge is 2.23. The molecule has 10 aromatic carbocycles. The zero-order valence-electron chi connectivity index (χ0n) is 31.5. The number of benzene rings is 10. The van der Waals surface area contributed by atoms with E-state index in [-0.39, 0.29) is 0 Å².